The number of amides is 1. The first-order valence-corrected chi connectivity index (χ1v) is 17.4. The van der Waals surface area contributed by atoms with E-state index >= 15 is 0 Å². The normalized spacial score (nSPS) is 19.2. The highest BCUT2D eigenvalue weighted by Crippen LogP contribution is 2.49. The van der Waals surface area contributed by atoms with E-state index in [0.717, 1.165) is 38.5 Å². The third kappa shape index (κ3) is 6.16. The summed E-state index contributed by atoms with van der Waals surface area (Å²) >= 11 is 0. The van der Waals surface area contributed by atoms with Crippen molar-refractivity contribution >= 4 is 17.5 Å². The summed E-state index contributed by atoms with van der Waals surface area (Å²) in [4.78, 5) is 22.3. The summed E-state index contributed by atoms with van der Waals surface area (Å²) in [5.41, 5.74) is 1.29. The van der Waals surface area contributed by atoms with Gasteiger partial charge in [0.2, 0.25) is 0 Å². The topological polar surface area (TPSA) is 147 Å². The number of nitrogens with one attached hydrogen (secondary N) is 1. The van der Waals surface area contributed by atoms with Crippen molar-refractivity contribution in [1.82, 2.24) is 24.6 Å². The molecule has 1 amide bonds. The average molecular weight is 708 g/mol. The van der Waals surface area contributed by atoms with Crippen LogP contribution in [0.5, 0.6) is 0 Å². The van der Waals surface area contributed by atoms with E-state index in [9.17, 15) is 33.6 Å². The molecule has 2 saturated carbocycles. The molecule has 2 aromatic heterocycles. The van der Waals surface area contributed by atoms with Gasteiger partial charge in [-0.2, -0.15) is 23.7 Å². The second-order valence-electron chi connectivity index (χ2n) is 14.9. The number of alkyl halides is 3. The van der Waals surface area contributed by atoms with Gasteiger partial charge in [-0.1, -0.05) is 0 Å². The Bertz CT molecular complexity index is 2160. The molecule has 11 nitrogen and oxygen atoms in total. The molecule has 1 spiro atoms. The van der Waals surface area contributed by atoms with Gasteiger partial charge in [-0.25, -0.2) is 4.98 Å². The van der Waals surface area contributed by atoms with Crippen LogP contribution < -0.4 is 10.2 Å². The minimum atomic E-state index is -4.69. The van der Waals surface area contributed by atoms with E-state index in [1.807, 2.05) is 0 Å². The van der Waals surface area contributed by atoms with Gasteiger partial charge >= 0.3 is 6.18 Å². The van der Waals surface area contributed by atoms with Crippen LogP contribution in [0.25, 0.3) is 22.5 Å². The van der Waals surface area contributed by atoms with Gasteiger partial charge in [-0.05, 0) is 122 Å². The zero-order valence-electron chi connectivity index (χ0n) is 28.5. The molecule has 0 bridgehead atoms. The lowest BCUT2D eigenvalue weighted by atomic mass is 9.61. The van der Waals surface area contributed by atoms with Gasteiger partial charge in [0.05, 0.1) is 47.9 Å². The number of aliphatic hydroxyl groups excluding tert-OH is 1. The number of aromatic nitrogens is 4. The van der Waals surface area contributed by atoms with Crippen molar-refractivity contribution in [2.45, 2.75) is 75.9 Å². The van der Waals surface area contributed by atoms with Crippen LogP contribution in [0.3, 0.4) is 0 Å². The highest BCUT2D eigenvalue weighted by Gasteiger charge is 2.46. The number of nitrogens with zero attached hydrogens (tertiary/aromatic N) is 8. The first kappa shape index (κ1) is 33.8. The summed E-state index contributed by atoms with van der Waals surface area (Å²) in [6, 6.07) is 15.7. The molecule has 1 saturated heterocycles. The Morgan fingerprint density at radius 2 is 1.79 bits per heavy atom. The number of carbonyl (C=O) groups excluding carboxylic acids is 1. The Kier molecular flexibility index (Phi) is 8.08. The fourth-order valence-corrected chi connectivity index (χ4v) is 8.16. The second kappa shape index (κ2) is 12.4. The number of aryl methyl sites for hydroxylation is 1. The maximum absolute atomic E-state index is 14.7. The molecular weight excluding hydrogens is 671 g/mol. The summed E-state index contributed by atoms with van der Waals surface area (Å²) in [5, 5.41) is 40.8. The number of anilines is 2. The van der Waals surface area contributed by atoms with Crippen molar-refractivity contribution in [1.29, 1.82) is 10.5 Å². The molecule has 4 aliphatic rings. The number of halogens is 3. The third-order valence-corrected chi connectivity index (χ3v) is 11.2. The van der Waals surface area contributed by atoms with E-state index in [1.165, 1.54) is 11.0 Å². The van der Waals surface area contributed by atoms with E-state index in [0.29, 0.717) is 52.5 Å². The van der Waals surface area contributed by atoms with Crippen molar-refractivity contribution in [3.63, 3.8) is 0 Å². The monoisotopic (exact) mass is 707 g/mol. The van der Waals surface area contributed by atoms with E-state index < -0.39 is 23.2 Å². The number of pyridine rings is 1. The number of likely N-dealkylation sites (tertiary alicyclic amines) is 1. The van der Waals surface area contributed by atoms with Crippen LogP contribution in [0.15, 0.2) is 48.8 Å². The number of benzene rings is 2. The van der Waals surface area contributed by atoms with Crippen LogP contribution >= 0.6 is 0 Å². The van der Waals surface area contributed by atoms with Gasteiger partial charge < -0.3 is 15.0 Å². The minimum absolute atomic E-state index is 0.00322. The van der Waals surface area contributed by atoms with Crippen molar-refractivity contribution < 1.29 is 23.1 Å². The number of nitriles is 2. The second-order valence-corrected chi connectivity index (χ2v) is 14.9. The van der Waals surface area contributed by atoms with Crippen LogP contribution in [0.4, 0.5) is 24.8 Å². The maximum atomic E-state index is 14.7. The number of rotatable bonds is 8. The van der Waals surface area contributed by atoms with Crippen molar-refractivity contribution in [2.24, 2.45) is 12.5 Å². The Morgan fingerprint density at radius 3 is 2.42 bits per heavy atom. The highest BCUT2D eigenvalue weighted by molar-refractivity contribution is 6.10. The number of hydrogen-bond donors (Lipinski definition) is 2. The zero-order chi connectivity index (χ0) is 36.4. The number of aliphatic hydroxyl groups is 1. The van der Waals surface area contributed by atoms with Crippen LogP contribution in [-0.2, 0) is 26.3 Å². The smallest absolute Gasteiger partial charge is 0.393 e. The summed E-state index contributed by atoms with van der Waals surface area (Å²) in [7, 11) is 1.79. The Hall–Kier alpha value is -5.31. The summed E-state index contributed by atoms with van der Waals surface area (Å²) in [6.07, 6.45) is 1.63. The summed E-state index contributed by atoms with van der Waals surface area (Å²) in [6.45, 7) is 1.39. The van der Waals surface area contributed by atoms with Gasteiger partial charge in [0.1, 0.15) is 18.0 Å². The van der Waals surface area contributed by atoms with E-state index in [4.69, 9.17) is 4.98 Å². The molecule has 2 aliphatic carbocycles. The first-order chi connectivity index (χ1) is 24.9. The number of carbonyl (C=O) groups is 1. The summed E-state index contributed by atoms with van der Waals surface area (Å²) in [5.74, 6) is 0.431. The van der Waals surface area contributed by atoms with Crippen molar-refractivity contribution in [3.05, 3.63) is 76.6 Å². The molecule has 0 unspecified atom stereocenters. The molecule has 0 atom stereocenters. The average Bonchev–Trinajstić information content (AvgIpc) is 3.58. The van der Waals surface area contributed by atoms with Gasteiger partial charge in [-0.3, -0.25) is 14.6 Å². The van der Waals surface area contributed by atoms with Crippen molar-refractivity contribution in [2.75, 3.05) is 23.3 Å². The molecule has 266 valence electrons. The van der Waals surface area contributed by atoms with Crippen LogP contribution in [0, 0.1) is 28.1 Å². The quantitative estimate of drug-likeness (QED) is 0.219. The van der Waals surface area contributed by atoms with Crippen LogP contribution in [-0.4, -0.2) is 60.4 Å². The molecule has 3 fully saturated rings. The number of fused-ring (bicyclic) bond motifs is 1. The minimum Gasteiger partial charge on any atom is -0.393 e. The SMILES string of the molecule is Cn1cnnc1-c1ccc(C#N)cc1-c1cc(NC2(CC#N)CC2)nc(N2Cc3c(cc(CN4CCC5(CC4)CC(O)C5)cc3C(F)(F)F)C2=O)c1. The van der Waals surface area contributed by atoms with E-state index in [2.05, 4.69) is 32.6 Å². The predicted molar refractivity (Wildman–Crippen MR) is 184 cm³/mol. The van der Waals surface area contributed by atoms with Gasteiger partial charge in [0.15, 0.2) is 5.82 Å². The maximum Gasteiger partial charge on any atom is 0.416 e. The molecule has 2 N–H and O–H groups in total. The fourth-order valence-electron chi connectivity index (χ4n) is 8.16. The molecule has 4 heterocycles. The molecule has 2 aromatic carbocycles. The lowest BCUT2D eigenvalue weighted by Gasteiger charge is -2.50. The standard InChI is InChI=1S/C38H36F3N9O2/c1-48-22-44-47-34(48)27-3-2-23(19-43)12-28(27)25-15-32(46-37(4-5-37)6-9-42)45-33(16-25)50-21-30-29(35(50)52)13-24(14-31(30)38(39,40)41)20-49-10-7-36(8-11-49)17-26(51)18-36/h2-3,12-16,22,26,51H,4-8,10-11,17-18,20-21H2,1H3,(H,45,46). The fraction of sp³-hybridized carbons (Fsp3) is 0.421. The van der Waals surface area contributed by atoms with E-state index in [1.54, 1.807) is 54.3 Å². The van der Waals surface area contributed by atoms with Gasteiger partial charge in [-0.15, -0.1) is 10.2 Å². The molecule has 0 radical (unpaired) electrons. The third-order valence-electron chi connectivity index (χ3n) is 11.2. The van der Waals surface area contributed by atoms with E-state index in [-0.39, 0.29) is 48.0 Å². The Morgan fingerprint density at radius 1 is 1.02 bits per heavy atom. The van der Waals surface area contributed by atoms with Crippen LogP contribution in [0.1, 0.15) is 77.6 Å². The van der Waals surface area contributed by atoms with Gasteiger partial charge in [0.25, 0.3) is 5.91 Å². The lowest BCUT2D eigenvalue weighted by molar-refractivity contribution is -0.138. The molecular formula is C38H36F3N9O2. The number of piperidine rings is 1. The molecule has 2 aliphatic heterocycles. The van der Waals surface area contributed by atoms with Crippen molar-refractivity contribution in [3.8, 4) is 34.7 Å². The molecule has 4 aromatic rings. The largest absolute Gasteiger partial charge is 0.416 e. The lowest BCUT2D eigenvalue weighted by Crippen LogP contribution is -2.48. The zero-order valence-corrected chi connectivity index (χ0v) is 28.5. The van der Waals surface area contributed by atoms with Gasteiger partial charge in [0, 0.05) is 24.7 Å². The molecule has 14 heteroatoms. The molecule has 8 rings (SSSR count). The Labute approximate surface area is 298 Å². The Balaban J connectivity index is 1.17. The summed E-state index contributed by atoms with van der Waals surface area (Å²) < 4.78 is 45.8. The number of hydrogen-bond acceptors (Lipinski definition) is 9. The molecule has 52 heavy (non-hydrogen) atoms. The predicted octanol–water partition coefficient (Wildman–Crippen LogP) is 6.19. The first-order valence-electron chi connectivity index (χ1n) is 17.4. The van der Waals surface area contributed by atoms with Crippen LogP contribution in [0.2, 0.25) is 0 Å². The highest BCUT2D eigenvalue weighted by atomic mass is 19.4.